The van der Waals surface area contributed by atoms with E-state index in [1.807, 2.05) is 11.3 Å². The molecule has 0 fully saturated rings. The Bertz CT molecular complexity index is 365. The van der Waals surface area contributed by atoms with Gasteiger partial charge in [-0.2, -0.15) is 0 Å². The maximum Gasteiger partial charge on any atom is 0.0623 e. The molecule has 1 aromatic rings. The Morgan fingerprint density at radius 3 is 2.53 bits per heavy atom. The molecule has 1 rings (SSSR count). The highest BCUT2D eigenvalue weighted by molar-refractivity contribution is 7.12. The monoisotopic (exact) mass is 283 g/mol. The van der Waals surface area contributed by atoms with Crippen molar-refractivity contribution < 1.29 is 4.74 Å². The van der Waals surface area contributed by atoms with Crippen molar-refractivity contribution in [2.45, 2.75) is 65.5 Å². The maximum absolute atomic E-state index is 5.53. The van der Waals surface area contributed by atoms with Crippen LogP contribution >= 0.6 is 11.3 Å². The Kier molecular flexibility index (Phi) is 6.51. The molecular weight excluding hydrogens is 254 g/mol. The molecule has 0 aliphatic carbocycles. The van der Waals surface area contributed by atoms with Crippen LogP contribution in [0.1, 0.15) is 61.4 Å². The lowest BCUT2D eigenvalue weighted by Gasteiger charge is -2.26. The molecule has 1 unspecified atom stereocenters. The second-order valence-corrected chi connectivity index (χ2v) is 7.19. The Labute approximate surface area is 122 Å². The third-order valence-electron chi connectivity index (χ3n) is 3.76. The van der Waals surface area contributed by atoms with Crippen LogP contribution in [0.5, 0.6) is 0 Å². The van der Waals surface area contributed by atoms with Crippen LogP contribution in [0.3, 0.4) is 0 Å². The number of hydrogen-bond acceptors (Lipinski definition) is 3. The van der Waals surface area contributed by atoms with Crippen LogP contribution in [-0.4, -0.2) is 19.3 Å². The maximum atomic E-state index is 5.53. The number of aryl methyl sites for hydroxylation is 2. The molecule has 1 heterocycles. The van der Waals surface area contributed by atoms with Gasteiger partial charge in [-0.1, -0.05) is 6.92 Å². The fourth-order valence-electron chi connectivity index (χ4n) is 2.03. The van der Waals surface area contributed by atoms with Crippen LogP contribution in [0.2, 0.25) is 0 Å². The minimum atomic E-state index is -0.0342. The number of thiophene rings is 1. The van der Waals surface area contributed by atoms with Crippen LogP contribution in [0.4, 0.5) is 0 Å². The van der Waals surface area contributed by atoms with E-state index in [0.717, 1.165) is 19.4 Å². The first-order valence-corrected chi connectivity index (χ1v) is 8.06. The number of hydrogen-bond donors (Lipinski definition) is 1. The van der Waals surface area contributed by atoms with Crippen LogP contribution in [-0.2, 0) is 4.74 Å². The van der Waals surface area contributed by atoms with Crippen molar-refractivity contribution in [3.63, 3.8) is 0 Å². The van der Waals surface area contributed by atoms with E-state index in [-0.39, 0.29) is 5.60 Å². The van der Waals surface area contributed by atoms with Gasteiger partial charge in [-0.3, -0.25) is 0 Å². The van der Waals surface area contributed by atoms with Gasteiger partial charge in [0.25, 0.3) is 0 Å². The van der Waals surface area contributed by atoms with E-state index in [4.69, 9.17) is 4.74 Å². The van der Waals surface area contributed by atoms with Gasteiger partial charge in [0, 0.05) is 22.9 Å². The van der Waals surface area contributed by atoms with Crippen LogP contribution in [0, 0.1) is 13.8 Å². The van der Waals surface area contributed by atoms with Crippen LogP contribution in [0.15, 0.2) is 6.07 Å². The van der Waals surface area contributed by atoms with Crippen LogP contribution in [0.25, 0.3) is 0 Å². The van der Waals surface area contributed by atoms with Crippen molar-refractivity contribution in [3.8, 4) is 0 Å². The van der Waals surface area contributed by atoms with Gasteiger partial charge in [-0.25, -0.2) is 0 Å². The van der Waals surface area contributed by atoms with Crippen molar-refractivity contribution in [1.29, 1.82) is 0 Å². The number of ether oxygens (including phenoxy) is 1. The molecule has 0 spiro atoms. The van der Waals surface area contributed by atoms with E-state index in [9.17, 15) is 0 Å². The van der Waals surface area contributed by atoms with Crippen molar-refractivity contribution in [3.05, 3.63) is 21.4 Å². The van der Waals surface area contributed by atoms with E-state index in [0.29, 0.717) is 6.04 Å². The summed E-state index contributed by atoms with van der Waals surface area (Å²) in [7, 11) is 1.80. The summed E-state index contributed by atoms with van der Waals surface area (Å²) in [5.41, 5.74) is 1.38. The lowest BCUT2D eigenvalue weighted by Crippen LogP contribution is -2.27. The van der Waals surface area contributed by atoms with Gasteiger partial charge in [0.1, 0.15) is 0 Å². The average molecular weight is 283 g/mol. The molecule has 19 heavy (non-hydrogen) atoms. The van der Waals surface area contributed by atoms with Gasteiger partial charge in [-0.15, -0.1) is 11.3 Å². The summed E-state index contributed by atoms with van der Waals surface area (Å²) >= 11 is 1.93. The van der Waals surface area contributed by atoms with Gasteiger partial charge in [0.15, 0.2) is 0 Å². The van der Waals surface area contributed by atoms with Crippen LogP contribution < -0.4 is 5.32 Å². The molecule has 1 N–H and O–H groups in total. The molecule has 3 heteroatoms. The molecule has 0 radical (unpaired) electrons. The third-order valence-corrected chi connectivity index (χ3v) is 5.02. The second kappa shape index (κ2) is 7.41. The summed E-state index contributed by atoms with van der Waals surface area (Å²) in [5.74, 6) is 0. The predicted molar refractivity (Wildman–Crippen MR) is 85.1 cm³/mol. The Balaban J connectivity index is 2.71. The third kappa shape index (κ3) is 5.25. The fourth-order valence-corrected chi connectivity index (χ4v) is 3.18. The molecule has 1 atom stereocenters. The Morgan fingerprint density at radius 2 is 2.05 bits per heavy atom. The van der Waals surface area contributed by atoms with E-state index in [2.05, 4.69) is 46.0 Å². The first-order chi connectivity index (χ1) is 8.89. The SMILES string of the molecule is CCCNC(CCC(C)(C)OC)c1cc(C)c(C)s1. The molecule has 110 valence electrons. The van der Waals surface area contributed by atoms with E-state index in [1.165, 1.54) is 21.7 Å². The summed E-state index contributed by atoms with van der Waals surface area (Å²) in [6, 6.07) is 2.81. The van der Waals surface area contributed by atoms with E-state index in [1.54, 1.807) is 7.11 Å². The van der Waals surface area contributed by atoms with E-state index >= 15 is 0 Å². The van der Waals surface area contributed by atoms with Crippen molar-refractivity contribution in [2.75, 3.05) is 13.7 Å². The summed E-state index contributed by atoms with van der Waals surface area (Å²) in [4.78, 5) is 2.90. The molecule has 0 aromatic carbocycles. The zero-order chi connectivity index (χ0) is 14.5. The smallest absolute Gasteiger partial charge is 0.0623 e. The lowest BCUT2D eigenvalue weighted by atomic mass is 9.98. The predicted octanol–water partition coefficient (Wildman–Crippen LogP) is 4.61. The van der Waals surface area contributed by atoms with E-state index < -0.39 is 0 Å². The molecule has 2 nitrogen and oxygen atoms in total. The number of methoxy groups -OCH3 is 1. The highest BCUT2D eigenvalue weighted by atomic mass is 32.1. The highest BCUT2D eigenvalue weighted by Gasteiger charge is 2.21. The topological polar surface area (TPSA) is 21.3 Å². The molecule has 0 saturated heterocycles. The molecule has 0 amide bonds. The zero-order valence-electron chi connectivity index (χ0n) is 13.3. The number of rotatable bonds is 8. The van der Waals surface area contributed by atoms with Gasteiger partial charge in [-0.05, 0) is 65.1 Å². The Morgan fingerprint density at radius 1 is 1.37 bits per heavy atom. The van der Waals surface area contributed by atoms with Gasteiger partial charge in [0.05, 0.1) is 5.60 Å². The largest absolute Gasteiger partial charge is 0.379 e. The highest BCUT2D eigenvalue weighted by Crippen LogP contribution is 2.31. The number of nitrogens with one attached hydrogen (secondary N) is 1. The Hall–Kier alpha value is -0.380. The summed E-state index contributed by atoms with van der Waals surface area (Å²) < 4.78 is 5.53. The molecule has 1 aromatic heterocycles. The molecular formula is C16H29NOS. The average Bonchev–Trinajstić information content (AvgIpc) is 2.69. The quantitative estimate of drug-likeness (QED) is 0.752. The van der Waals surface area contributed by atoms with Gasteiger partial charge in [0.2, 0.25) is 0 Å². The molecule has 0 bridgehead atoms. The van der Waals surface area contributed by atoms with Gasteiger partial charge >= 0.3 is 0 Å². The molecule has 0 aliphatic rings. The van der Waals surface area contributed by atoms with Crippen molar-refractivity contribution in [1.82, 2.24) is 5.32 Å². The first-order valence-electron chi connectivity index (χ1n) is 7.25. The standard InChI is InChI=1S/C16H29NOS/c1-7-10-17-14(8-9-16(4,5)18-6)15-11-12(2)13(3)19-15/h11,14,17H,7-10H2,1-6H3. The summed E-state index contributed by atoms with van der Waals surface area (Å²) in [6.45, 7) is 12.0. The minimum Gasteiger partial charge on any atom is -0.379 e. The summed E-state index contributed by atoms with van der Waals surface area (Å²) in [6.07, 6.45) is 3.37. The summed E-state index contributed by atoms with van der Waals surface area (Å²) in [5, 5.41) is 3.68. The van der Waals surface area contributed by atoms with Crippen molar-refractivity contribution in [2.24, 2.45) is 0 Å². The van der Waals surface area contributed by atoms with Crippen molar-refractivity contribution >= 4 is 11.3 Å². The molecule has 0 aliphatic heterocycles. The molecule has 0 saturated carbocycles. The second-order valence-electron chi connectivity index (χ2n) is 5.90. The van der Waals surface area contributed by atoms with Gasteiger partial charge < -0.3 is 10.1 Å². The first kappa shape index (κ1) is 16.7. The minimum absolute atomic E-state index is 0.0342. The lowest BCUT2D eigenvalue weighted by molar-refractivity contribution is 0.0117. The fraction of sp³-hybridized carbons (Fsp3) is 0.750. The normalized spacial score (nSPS) is 13.8. The zero-order valence-corrected chi connectivity index (χ0v) is 14.1.